The first kappa shape index (κ1) is 39.3. The molecule has 1 fully saturated rings. The van der Waals surface area contributed by atoms with Gasteiger partial charge in [-0.15, -0.1) is 6.58 Å². The Morgan fingerprint density at radius 1 is 0.735 bits per heavy atom. The lowest BCUT2D eigenvalue weighted by Crippen LogP contribution is -2.69. The lowest BCUT2D eigenvalue weighted by molar-refractivity contribution is -0.154. The number of hydrogen-bond acceptors (Lipinski definition) is 8. The van der Waals surface area contributed by atoms with E-state index in [1.165, 1.54) is 6.08 Å². The number of hydrogen-bond donors (Lipinski definition) is 2. The average Bonchev–Trinajstić information content (AvgIpc) is 3.09. The van der Waals surface area contributed by atoms with Gasteiger partial charge in [-0.05, 0) is 43.6 Å². The Morgan fingerprint density at radius 3 is 1.71 bits per heavy atom. The molecule has 13 heteroatoms. The van der Waals surface area contributed by atoms with Gasteiger partial charge in [-0.3, -0.25) is 19.4 Å². The number of aromatic nitrogens is 3. The van der Waals surface area contributed by atoms with Crippen molar-refractivity contribution in [2.75, 3.05) is 13.1 Å². The maximum absolute atomic E-state index is 14.3. The van der Waals surface area contributed by atoms with Gasteiger partial charge in [0.05, 0.1) is 43.9 Å². The summed E-state index contributed by atoms with van der Waals surface area (Å²) in [6, 6.07) is 7.29. The van der Waals surface area contributed by atoms with Crippen LogP contribution in [0.2, 0.25) is 0 Å². The van der Waals surface area contributed by atoms with Crippen LogP contribution in [-0.2, 0) is 33.6 Å². The summed E-state index contributed by atoms with van der Waals surface area (Å²) in [5.74, 6) is -1.64. The summed E-state index contributed by atoms with van der Waals surface area (Å²) in [6.07, 6.45) is 1.22. The number of amides is 4. The van der Waals surface area contributed by atoms with E-state index in [0.717, 1.165) is 36.3 Å². The molecule has 2 aromatic rings. The summed E-state index contributed by atoms with van der Waals surface area (Å²) in [5, 5.41) is 22.5. The first-order valence-electron chi connectivity index (χ1n) is 17.2. The molecule has 3 atom stereocenters. The van der Waals surface area contributed by atoms with Crippen LogP contribution >= 0.6 is 0 Å². The Bertz CT molecular complexity index is 1700. The van der Waals surface area contributed by atoms with E-state index in [1.807, 2.05) is 34.6 Å². The molecule has 3 rings (SSSR count). The quantitative estimate of drug-likeness (QED) is 0.190. The lowest BCUT2D eigenvalue weighted by atomic mass is 9.74. The lowest BCUT2D eigenvalue weighted by Gasteiger charge is -2.45. The monoisotopic (exact) mass is 683 g/mol. The van der Waals surface area contributed by atoms with E-state index < -0.39 is 71.2 Å². The highest BCUT2D eigenvalue weighted by Gasteiger charge is 2.57. The molecule has 2 heterocycles. The van der Waals surface area contributed by atoms with Crippen molar-refractivity contribution in [3.8, 4) is 0 Å². The van der Waals surface area contributed by atoms with Gasteiger partial charge in [-0.2, -0.15) is 0 Å². The van der Waals surface area contributed by atoms with E-state index >= 15 is 0 Å². The molecule has 3 unspecified atom stereocenters. The predicted molar refractivity (Wildman–Crippen MR) is 186 cm³/mol. The molecule has 13 nitrogen and oxygen atoms in total. The van der Waals surface area contributed by atoms with Gasteiger partial charge in [0.2, 0.25) is 0 Å². The van der Waals surface area contributed by atoms with Gasteiger partial charge in [-0.25, -0.2) is 32.9 Å². The second-order valence-electron chi connectivity index (χ2n) is 13.7. The van der Waals surface area contributed by atoms with Crippen molar-refractivity contribution in [1.29, 1.82) is 0 Å². The van der Waals surface area contributed by atoms with Crippen molar-refractivity contribution in [3.05, 3.63) is 80.0 Å². The molecule has 4 amide bonds. The third kappa shape index (κ3) is 7.28. The van der Waals surface area contributed by atoms with Crippen molar-refractivity contribution in [3.63, 3.8) is 0 Å². The van der Waals surface area contributed by atoms with Crippen molar-refractivity contribution >= 4 is 17.8 Å². The maximum atomic E-state index is 14.3. The molecule has 2 N–H and O–H groups in total. The molecule has 0 radical (unpaired) electrons. The summed E-state index contributed by atoms with van der Waals surface area (Å²) in [7, 11) is 0. The van der Waals surface area contributed by atoms with Gasteiger partial charge >= 0.3 is 23.1 Å². The van der Waals surface area contributed by atoms with Gasteiger partial charge < -0.3 is 10.2 Å². The van der Waals surface area contributed by atoms with E-state index in [4.69, 9.17) is 0 Å². The molecule has 0 saturated carbocycles. The second-order valence-corrected chi connectivity index (χ2v) is 13.7. The van der Waals surface area contributed by atoms with Crippen LogP contribution in [0.4, 0.5) is 4.79 Å². The molecule has 1 aliphatic heterocycles. The Morgan fingerprint density at radius 2 is 1.24 bits per heavy atom. The minimum absolute atomic E-state index is 0.0217. The highest BCUT2D eigenvalue weighted by Crippen LogP contribution is 2.38. The fourth-order valence-corrected chi connectivity index (χ4v) is 6.63. The first-order valence-corrected chi connectivity index (χ1v) is 17.2. The number of aliphatic hydroxyl groups excluding tert-OH is 2. The minimum Gasteiger partial charge on any atom is -0.391 e. The number of rotatable bonds is 17. The van der Waals surface area contributed by atoms with E-state index in [9.17, 15) is 39.0 Å². The van der Waals surface area contributed by atoms with Gasteiger partial charge in [0, 0.05) is 0 Å². The zero-order valence-corrected chi connectivity index (χ0v) is 30.0. The molecule has 1 aromatic heterocycles. The van der Waals surface area contributed by atoms with Gasteiger partial charge in [0.15, 0.2) is 5.41 Å². The Labute approximate surface area is 287 Å². The van der Waals surface area contributed by atoms with Gasteiger partial charge in [0.1, 0.15) is 0 Å². The standard InChI is InChI=1S/C36H53N5O8/c1-9-20-37-30(46)40(33(49)41(32(37)48)35(8,12-4)13-5)24-27(43)23-39-29(45)36(14-6,25-18-16-15-17-19-25)28(44)38(31(39)47)22-26(42)21-34(7,10-2)11-3/h9,15-19,26-27,42-43H,1,10-14,20-24H2,2-8H3. The SMILES string of the molecule is C=CCn1c(=O)n(CC(O)CN2C(=O)N(CC(O)CC(C)(CC)CC)C(=O)C(CC)(c3ccccc3)C2=O)c(=O)n(C(C)(CC)CC)c1=O. The van der Waals surface area contributed by atoms with Crippen molar-refractivity contribution in [2.45, 2.75) is 123 Å². The minimum atomic E-state index is -1.84. The third-order valence-corrected chi connectivity index (χ3v) is 10.8. The van der Waals surface area contributed by atoms with Gasteiger partial charge in [0.25, 0.3) is 11.8 Å². The van der Waals surface area contributed by atoms with Crippen LogP contribution in [0.3, 0.4) is 0 Å². The van der Waals surface area contributed by atoms with E-state index in [2.05, 4.69) is 6.58 Å². The fraction of sp³-hybridized carbons (Fsp3) is 0.611. The van der Waals surface area contributed by atoms with Crippen LogP contribution < -0.4 is 17.1 Å². The van der Waals surface area contributed by atoms with Crippen LogP contribution in [0, 0.1) is 5.41 Å². The number of benzene rings is 1. The molecule has 1 saturated heterocycles. The average molecular weight is 684 g/mol. The Balaban J connectivity index is 2.12. The van der Waals surface area contributed by atoms with Crippen LogP contribution in [0.5, 0.6) is 0 Å². The number of allylic oxidation sites excluding steroid dienone is 1. The molecular weight excluding hydrogens is 630 g/mol. The zero-order valence-electron chi connectivity index (χ0n) is 30.0. The number of nitrogens with zero attached hydrogens (tertiary/aromatic N) is 5. The normalized spacial score (nSPS) is 18.6. The molecule has 270 valence electrons. The molecule has 0 spiro atoms. The molecule has 49 heavy (non-hydrogen) atoms. The zero-order chi connectivity index (χ0) is 36.9. The van der Waals surface area contributed by atoms with Crippen molar-refractivity contribution in [1.82, 2.24) is 23.5 Å². The number of imide groups is 2. The number of aliphatic hydroxyl groups is 2. The van der Waals surface area contributed by atoms with Crippen molar-refractivity contribution < 1.29 is 24.6 Å². The summed E-state index contributed by atoms with van der Waals surface area (Å²) in [5.41, 5.74) is -5.39. The van der Waals surface area contributed by atoms with Gasteiger partial charge in [-0.1, -0.05) is 90.8 Å². The van der Waals surface area contributed by atoms with Crippen molar-refractivity contribution in [2.24, 2.45) is 5.41 Å². The highest BCUT2D eigenvalue weighted by molar-refractivity contribution is 6.22. The van der Waals surface area contributed by atoms with Crippen LogP contribution in [0.25, 0.3) is 0 Å². The highest BCUT2D eigenvalue weighted by atomic mass is 16.3. The first-order chi connectivity index (χ1) is 23.1. The number of urea groups is 1. The molecule has 0 aliphatic carbocycles. The van der Waals surface area contributed by atoms with E-state index in [-0.39, 0.29) is 24.9 Å². The fourth-order valence-electron chi connectivity index (χ4n) is 6.63. The molecule has 1 aromatic carbocycles. The summed E-state index contributed by atoms with van der Waals surface area (Å²) >= 11 is 0. The van der Waals surface area contributed by atoms with Crippen LogP contribution in [0.15, 0.2) is 57.4 Å². The Hall–Kier alpha value is -4.10. The van der Waals surface area contributed by atoms with Crippen LogP contribution in [-0.4, -0.2) is 76.9 Å². The largest absolute Gasteiger partial charge is 0.391 e. The number of barbiturate groups is 1. The maximum Gasteiger partial charge on any atom is 0.337 e. The number of β-amino-alcohol motifs (C(OH)–C–C–N with tert-alkyl or cyclic N) is 2. The number of carbonyl (C=O) groups excluding carboxylic acids is 3. The Kier molecular flexibility index (Phi) is 12.5. The summed E-state index contributed by atoms with van der Waals surface area (Å²) in [4.78, 5) is 84.7. The number of carbonyl (C=O) groups is 3. The topological polar surface area (TPSA) is 164 Å². The van der Waals surface area contributed by atoms with Crippen LogP contribution in [0.1, 0.15) is 92.6 Å². The smallest absolute Gasteiger partial charge is 0.337 e. The molecule has 1 aliphatic rings. The molecular formula is C36H53N5O8. The summed E-state index contributed by atoms with van der Waals surface area (Å²) < 4.78 is 2.58. The molecule has 0 bridgehead atoms. The third-order valence-electron chi connectivity index (χ3n) is 10.8. The summed E-state index contributed by atoms with van der Waals surface area (Å²) in [6.45, 7) is 14.7. The van der Waals surface area contributed by atoms with E-state index in [0.29, 0.717) is 24.8 Å². The van der Waals surface area contributed by atoms with E-state index in [1.54, 1.807) is 44.2 Å². The predicted octanol–water partition coefficient (Wildman–Crippen LogP) is 2.97. The second kappa shape index (κ2) is 15.6.